The van der Waals surface area contributed by atoms with Crippen molar-refractivity contribution in [1.82, 2.24) is 0 Å². The lowest BCUT2D eigenvalue weighted by molar-refractivity contribution is 0.0927. The Hall–Kier alpha value is -2.16. The average molecular weight is 395 g/mol. The molecule has 2 unspecified atom stereocenters. The number of carbonyl (C=O) groups is 1. The third-order valence-electron chi connectivity index (χ3n) is 6.43. The number of carbonyl (C=O) groups excluding carboxylic acids is 1. The zero-order valence-electron chi connectivity index (χ0n) is 18.6. The molecule has 3 rings (SSSR count). The van der Waals surface area contributed by atoms with E-state index in [0.29, 0.717) is 17.1 Å². The average Bonchev–Trinajstić information content (AvgIpc) is 2.71. The molecule has 156 valence electrons. The lowest BCUT2D eigenvalue weighted by Gasteiger charge is -2.25. The van der Waals surface area contributed by atoms with Crippen LogP contribution in [0.2, 0.25) is 0 Å². The van der Waals surface area contributed by atoms with Gasteiger partial charge in [-0.25, -0.2) is 4.79 Å². The third-order valence-corrected chi connectivity index (χ3v) is 6.43. The second-order valence-electron chi connectivity index (χ2n) is 8.58. The van der Waals surface area contributed by atoms with Gasteiger partial charge in [0.15, 0.2) is 5.78 Å². The quantitative estimate of drug-likeness (QED) is 0.371. The first-order valence-electron chi connectivity index (χ1n) is 11.3. The van der Waals surface area contributed by atoms with E-state index in [1.807, 2.05) is 20.8 Å². The molecule has 0 N–H and O–H groups in total. The Morgan fingerprint density at radius 2 is 2.00 bits per heavy atom. The molecule has 0 spiro atoms. The van der Waals surface area contributed by atoms with E-state index in [-0.39, 0.29) is 17.3 Å². The smallest absolute Gasteiger partial charge is 0.336 e. The standard InChI is InChI=1S/C26H34O3/c1-6-9-11-18-12-13-20-17(5)23(25(28)16(4)8-3)26-24(21(20)14-18)19(10-7-2)15-22(27)29-26/h12-13,15-16,18H,6-11,14H2,1-5H3. The van der Waals surface area contributed by atoms with Crippen LogP contribution in [0, 0.1) is 18.8 Å². The Balaban J connectivity index is 2.34. The van der Waals surface area contributed by atoms with E-state index in [0.717, 1.165) is 47.8 Å². The zero-order valence-corrected chi connectivity index (χ0v) is 18.6. The van der Waals surface area contributed by atoms with Crippen molar-refractivity contribution in [3.63, 3.8) is 0 Å². The van der Waals surface area contributed by atoms with Gasteiger partial charge in [-0.1, -0.05) is 59.1 Å². The topological polar surface area (TPSA) is 47.3 Å². The van der Waals surface area contributed by atoms with Crippen LogP contribution in [-0.4, -0.2) is 5.78 Å². The molecule has 2 atom stereocenters. The van der Waals surface area contributed by atoms with E-state index in [9.17, 15) is 9.59 Å². The van der Waals surface area contributed by atoms with E-state index >= 15 is 0 Å². The number of ketones is 1. The van der Waals surface area contributed by atoms with Crippen molar-refractivity contribution in [3.05, 3.63) is 50.4 Å². The van der Waals surface area contributed by atoms with Crippen molar-refractivity contribution < 1.29 is 9.21 Å². The minimum Gasteiger partial charge on any atom is -0.422 e. The van der Waals surface area contributed by atoms with Gasteiger partial charge in [-0.3, -0.25) is 4.79 Å². The number of unbranched alkanes of at least 4 members (excludes halogenated alkanes) is 1. The van der Waals surface area contributed by atoms with Crippen molar-refractivity contribution in [3.8, 4) is 0 Å². The van der Waals surface area contributed by atoms with E-state index in [1.165, 1.54) is 24.8 Å². The van der Waals surface area contributed by atoms with Gasteiger partial charge >= 0.3 is 5.63 Å². The van der Waals surface area contributed by atoms with Crippen LogP contribution in [0.3, 0.4) is 0 Å². The SMILES string of the molecule is CCCCC1C=Cc2c(C)c(C(=O)C(C)CC)c3oc(=O)cc(CCC)c3c2C1. The monoisotopic (exact) mass is 394 g/mol. The fourth-order valence-corrected chi connectivity index (χ4v) is 4.57. The molecule has 3 nitrogen and oxygen atoms in total. The van der Waals surface area contributed by atoms with Crippen molar-refractivity contribution in [2.75, 3.05) is 0 Å². The van der Waals surface area contributed by atoms with Crippen LogP contribution in [0.4, 0.5) is 0 Å². The summed E-state index contributed by atoms with van der Waals surface area (Å²) in [4.78, 5) is 25.7. The highest BCUT2D eigenvalue weighted by Crippen LogP contribution is 2.39. The second kappa shape index (κ2) is 9.11. The van der Waals surface area contributed by atoms with Crippen LogP contribution in [0.1, 0.15) is 92.4 Å². The second-order valence-corrected chi connectivity index (χ2v) is 8.58. The molecule has 29 heavy (non-hydrogen) atoms. The maximum absolute atomic E-state index is 13.3. The lowest BCUT2D eigenvalue weighted by atomic mass is 9.79. The molecule has 0 fully saturated rings. The lowest BCUT2D eigenvalue weighted by Crippen LogP contribution is -2.18. The molecule has 1 aromatic carbocycles. The number of rotatable bonds is 8. The van der Waals surface area contributed by atoms with Gasteiger partial charge in [0.25, 0.3) is 0 Å². The Kier molecular flexibility index (Phi) is 6.77. The van der Waals surface area contributed by atoms with Crippen molar-refractivity contribution in [1.29, 1.82) is 0 Å². The first kappa shape index (κ1) is 21.5. The summed E-state index contributed by atoms with van der Waals surface area (Å²) in [7, 11) is 0. The Labute approximate surface area is 174 Å². The molecular weight excluding hydrogens is 360 g/mol. The normalized spacial score (nSPS) is 16.8. The number of benzene rings is 1. The van der Waals surface area contributed by atoms with E-state index in [2.05, 4.69) is 26.0 Å². The molecule has 0 bridgehead atoms. The molecule has 1 aromatic heterocycles. The Morgan fingerprint density at radius 3 is 2.66 bits per heavy atom. The van der Waals surface area contributed by atoms with Crippen molar-refractivity contribution in [2.24, 2.45) is 11.8 Å². The number of allylic oxidation sites excluding steroid dienone is 1. The van der Waals surface area contributed by atoms with Crippen molar-refractivity contribution >= 4 is 22.8 Å². The van der Waals surface area contributed by atoms with Gasteiger partial charge in [-0.05, 0) is 60.8 Å². The maximum atomic E-state index is 13.3. The van der Waals surface area contributed by atoms with Gasteiger partial charge in [0, 0.05) is 17.4 Å². The molecule has 1 aliphatic rings. The molecule has 0 amide bonds. The molecule has 2 aromatic rings. The van der Waals surface area contributed by atoms with Crippen LogP contribution < -0.4 is 5.63 Å². The molecule has 0 saturated carbocycles. The Bertz CT molecular complexity index is 993. The predicted octanol–water partition coefficient (Wildman–Crippen LogP) is 6.66. The maximum Gasteiger partial charge on any atom is 0.336 e. The van der Waals surface area contributed by atoms with Crippen LogP contribution in [0.5, 0.6) is 0 Å². The number of Topliss-reactive ketones (excluding diaryl/α,β-unsaturated/α-hetero) is 1. The molecule has 0 aliphatic heterocycles. The van der Waals surface area contributed by atoms with E-state index < -0.39 is 0 Å². The minimum atomic E-state index is -0.354. The summed E-state index contributed by atoms with van der Waals surface area (Å²) in [6.45, 7) is 10.3. The molecule has 3 heteroatoms. The van der Waals surface area contributed by atoms with E-state index in [4.69, 9.17) is 4.42 Å². The summed E-state index contributed by atoms with van der Waals surface area (Å²) < 4.78 is 5.76. The highest BCUT2D eigenvalue weighted by Gasteiger charge is 2.28. The minimum absolute atomic E-state index is 0.0797. The first-order chi connectivity index (χ1) is 13.9. The molecular formula is C26H34O3. The van der Waals surface area contributed by atoms with Crippen LogP contribution in [-0.2, 0) is 12.8 Å². The number of hydrogen-bond acceptors (Lipinski definition) is 3. The predicted molar refractivity (Wildman–Crippen MR) is 121 cm³/mol. The summed E-state index contributed by atoms with van der Waals surface area (Å²) in [6.07, 6.45) is 11.6. The highest BCUT2D eigenvalue weighted by atomic mass is 16.4. The summed E-state index contributed by atoms with van der Waals surface area (Å²) in [6, 6.07) is 1.64. The Morgan fingerprint density at radius 1 is 1.24 bits per heavy atom. The fourth-order valence-electron chi connectivity index (χ4n) is 4.57. The molecule has 1 heterocycles. The van der Waals surface area contributed by atoms with E-state index in [1.54, 1.807) is 6.07 Å². The van der Waals surface area contributed by atoms with Crippen molar-refractivity contribution in [2.45, 2.75) is 79.6 Å². The van der Waals surface area contributed by atoms with Gasteiger partial charge < -0.3 is 4.42 Å². The van der Waals surface area contributed by atoms with Crippen LogP contribution in [0.15, 0.2) is 21.4 Å². The molecule has 0 saturated heterocycles. The first-order valence-corrected chi connectivity index (χ1v) is 11.3. The summed E-state index contributed by atoms with van der Waals surface area (Å²) in [5.74, 6) is 0.485. The van der Waals surface area contributed by atoms with Gasteiger partial charge in [0.05, 0.1) is 5.56 Å². The van der Waals surface area contributed by atoms with Gasteiger partial charge in [0.1, 0.15) is 5.58 Å². The molecule has 1 aliphatic carbocycles. The van der Waals surface area contributed by atoms with Gasteiger partial charge in [-0.2, -0.15) is 0 Å². The van der Waals surface area contributed by atoms with Gasteiger partial charge in [0.2, 0.25) is 0 Å². The van der Waals surface area contributed by atoms with Crippen LogP contribution in [0.25, 0.3) is 17.0 Å². The summed E-state index contributed by atoms with van der Waals surface area (Å²) in [5.41, 5.74) is 5.17. The highest BCUT2D eigenvalue weighted by molar-refractivity contribution is 6.11. The number of aryl methyl sites for hydroxylation is 1. The largest absolute Gasteiger partial charge is 0.422 e. The number of hydrogen-bond donors (Lipinski definition) is 0. The summed E-state index contributed by atoms with van der Waals surface area (Å²) >= 11 is 0. The fraction of sp³-hybridized carbons (Fsp3) is 0.538. The van der Waals surface area contributed by atoms with Gasteiger partial charge in [-0.15, -0.1) is 0 Å². The summed E-state index contributed by atoms with van der Waals surface area (Å²) in [5, 5.41) is 1.02. The zero-order chi connectivity index (χ0) is 21.1. The third kappa shape index (κ3) is 4.10. The molecule has 0 radical (unpaired) electrons. The van der Waals surface area contributed by atoms with Crippen LogP contribution >= 0.6 is 0 Å². The number of fused-ring (bicyclic) bond motifs is 3.